The van der Waals surface area contributed by atoms with Gasteiger partial charge < -0.3 is 4.90 Å². The molecule has 140 valence electrons. The SMILES string of the molecule is Cc1ccc2c(c1)-c1c(sn(-c3ccc(C(C)C)cc3)c1=S)C(C)(C)N2C. The molecular formula is C23H26N2S2. The van der Waals surface area contributed by atoms with Crippen LogP contribution in [0.25, 0.3) is 16.8 Å². The molecule has 2 nitrogen and oxygen atoms in total. The zero-order valence-corrected chi connectivity index (χ0v) is 18.5. The molecule has 0 aliphatic carbocycles. The molecule has 4 heteroatoms. The lowest BCUT2D eigenvalue weighted by atomic mass is 9.87. The lowest BCUT2D eigenvalue weighted by Crippen LogP contribution is -2.40. The Bertz CT molecular complexity index is 1070. The van der Waals surface area contributed by atoms with Gasteiger partial charge in [-0.1, -0.05) is 61.4 Å². The van der Waals surface area contributed by atoms with Crippen LogP contribution >= 0.6 is 23.8 Å². The summed E-state index contributed by atoms with van der Waals surface area (Å²) in [5.74, 6) is 0.533. The fraction of sp³-hybridized carbons (Fsp3) is 0.348. The highest BCUT2D eigenvalue weighted by atomic mass is 32.1. The lowest BCUT2D eigenvalue weighted by Gasteiger charge is -2.42. The van der Waals surface area contributed by atoms with Crippen LogP contribution < -0.4 is 4.90 Å². The van der Waals surface area contributed by atoms with E-state index in [2.05, 4.69) is 93.0 Å². The molecule has 0 saturated heterocycles. The quantitative estimate of drug-likeness (QED) is 0.430. The summed E-state index contributed by atoms with van der Waals surface area (Å²) in [7, 11) is 2.18. The van der Waals surface area contributed by atoms with E-state index < -0.39 is 0 Å². The minimum atomic E-state index is -0.0983. The van der Waals surface area contributed by atoms with Crippen molar-refractivity contribution in [2.45, 2.75) is 46.1 Å². The molecule has 0 spiro atoms. The number of nitrogens with zero attached hydrogens (tertiary/aromatic N) is 2. The first-order valence-corrected chi connectivity index (χ1v) is 10.6. The van der Waals surface area contributed by atoms with Crippen LogP contribution in [0.15, 0.2) is 42.5 Å². The van der Waals surface area contributed by atoms with E-state index in [4.69, 9.17) is 12.2 Å². The molecule has 0 N–H and O–H groups in total. The Hall–Kier alpha value is -1.91. The van der Waals surface area contributed by atoms with Crippen molar-refractivity contribution < 1.29 is 0 Å². The molecule has 0 fully saturated rings. The van der Waals surface area contributed by atoms with Gasteiger partial charge in [-0.15, -0.1) is 0 Å². The molecule has 0 atom stereocenters. The normalized spacial score (nSPS) is 15.0. The molecule has 4 rings (SSSR count). The maximum Gasteiger partial charge on any atom is 0.129 e. The van der Waals surface area contributed by atoms with E-state index in [1.807, 2.05) is 0 Å². The van der Waals surface area contributed by atoms with Gasteiger partial charge in [0.05, 0.1) is 16.1 Å². The molecule has 0 amide bonds. The Morgan fingerprint density at radius 1 is 1.04 bits per heavy atom. The van der Waals surface area contributed by atoms with Crippen LogP contribution in [0.1, 0.15) is 49.6 Å². The molecule has 2 heterocycles. The molecule has 0 bridgehead atoms. The van der Waals surface area contributed by atoms with Gasteiger partial charge in [-0.2, -0.15) is 0 Å². The van der Waals surface area contributed by atoms with Crippen molar-refractivity contribution in [1.29, 1.82) is 0 Å². The molecule has 0 saturated carbocycles. The zero-order chi connectivity index (χ0) is 19.5. The molecule has 0 radical (unpaired) electrons. The predicted molar refractivity (Wildman–Crippen MR) is 120 cm³/mol. The maximum absolute atomic E-state index is 5.99. The molecule has 1 aliphatic rings. The highest BCUT2D eigenvalue weighted by Gasteiger charge is 2.38. The minimum absolute atomic E-state index is 0.0983. The molecule has 2 aromatic carbocycles. The first-order valence-electron chi connectivity index (χ1n) is 9.44. The largest absolute Gasteiger partial charge is 0.364 e. The monoisotopic (exact) mass is 394 g/mol. The number of anilines is 1. The van der Waals surface area contributed by atoms with E-state index in [1.54, 1.807) is 11.5 Å². The van der Waals surface area contributed by atoms with Crippen LogP contribution in [-0.4, -0.2) is 11.0 Å². The number of rotatable bonds is 2. The van der Waals surface area contributed by atoms with Gasteiger partial charge in [-0.3, -0.25) is 3.96 Å². The van der Waals surface area contributed by atoms with E-state index >= 15 is 0 Å². The van der Waals surface area contributed by atoms with Gasteiger partial charge in [-0.25, -0.2) is 0 Å². The van der Waals surface area contributed by atoms with Crippen molar-refractivity contribution in [3.63, 3.8) is 0 Å². The second-order valence-corrected chi connectivity index (χ2v) is 9.62. The van der Waals surface area contributed by atoms with Crippen molar-refractivity contribution in [3.05, 3.63) is 63.1 Å². The average molecular weight is 395 g/mol. The van der Waals surface area contributed by atoms with Crippen LogP contribution in [0.3, 0.4) is 0 Å². The third-order valence-corrected chi connectivity index (χ3v) is 7.74. The smallest absolute Gasteiger partial charge is 0.129 e. The van der Waals surface area contributed by atoms with Gasteiger partial charge in [-0.05, 0) is 56.5 Å². The second kappa shape index (κ2) is 6.32. The summed E-state index contributed by atoms with van der Waals surface area (Å²) in [6.07, 6.45) is 0. The number of benzene rings is 2. The zero-order valence-electron chi connectivity index (χ0n) is 16.8. The first kappa shape index (κ1) is 18.5. The first-order chi connectivity index (χ1) is 12.7. The fourth-order valence-corrected chi connectivity index (χ4v) is 5.53. The Labute approximate surface area is 171 Å². The second-order valence-electron chi connectivity index (χ2n) is 8.28. The van der Waals surface area contributed by atoms with Crippen LogP contribution in [-0.2, 0) is 5.54 Å². The minimum Gasteiger partial charge on any atom is -0.364 e. The highest BCUT2D eigenvalue weighted by molar-refractivity contribution is 7.71. The van der Waals surface area contributed by atoms with Crippen molar-refractivity contribution in [3.8, 4) is 16.8 Å². The summed E-state index contributed by atoms with van der Waals surface area (Å²) in [6.45, 7) is 11.2. The summed E-state index contributed by atoms with van der Waals surface area (Å²) in [6, 6.07) is 15.5. The third kappa shape index (κ3) is 2.77. The van der Waals surface area contributed by atoms with E-state index in [-0.39, 0.29) is 5.54 Å². The number of aromatic nitrogens is 1. The van der Waals surface area contributed by atoms with E-state index in [9.17, 15) is 0 Å². The van der Waals surface area contributed by atoms with Crippen molar-refractivity contribution in [1.82, 2.24) is 3.96 Å². The summed E-state index contributed by atoms with van der Waals surface area (Å²) < 4.78 is 3.14. The maximum atomic E-state index is 5.99. The average Bonchev–Trinajstić information content (AvgIpc) is 2.98. The predicted octanol–water partition coefficient (Wildman–Crippen LogP) is 7.05. The molecule has 27 heavy (non-hydrogen) atoms. The fourth-order valence-electron chi connectivity index (χ4n) is 3.79. The summed E-state index contributed by atoms with van der Waals surface area (Å²) in [5, 5.41) is 0. The number of fused-ring (bicyclic) bond motifs is 3. The lowest BCUT2D eigenvalue weighted by molar-refractivity contribution is 0.521. The van der Waals surface area contributed by atoms with E-state index in [0.717, 1.165) is 10.3 Å². The number of hydrogen-bond donors (Lipinski definition) is 0. The third-order valence-electron chi connectivity index (χ3n) is 5.78. The van der Waals surface area contributed by atoms with Crippen molar-refractivity contribution in [2.24, 2.45) is 0 Å². The van der Waals surface area contributed by atoms with E-state index in [1.165, 1.54) is 32.8 Å². The van der Waals surface area contributed by atoms with Gasteiger partial charge in [0.25, 0.3) is 0 Å². The molecule has 1 aliphatic heterocycles. The van der Waals surface area contributed by atoms with Gasteiger partial charge in [0.2, 0.25) is 0 Å². The van der Waals surface area contributed by atoms with Gasteiger partial charge >= 0.3 is 0 Å². The Morgan fingerprint density at radius 2 is 1.70 bits per heavy atom. The Balaban J connectivity index is 1.96. The van der Waals surface area contributed by atoms with Crippen molar-refractivity contribution >= 4 is 29.4 Å². The number of aryl methyl sites for hydroxylation is 1. The van der Waals surface area contributed by atoms with Gasteiger partial charge in [0.1, 0.15) is 4.64 Å². The summed E-state index contributed by atoms with van der Waals surface area (Å²) in [4.78, 5) is 3.71. The summed E-state index contributed by atoms with van der Waals surface area (Å²) >= 11 is 7.77. The standard InChI is InChI=1S/C23H26N2S2/c1-14(2)16-8-10-17(11-9-16)25-22(26)20-18-13-15(3)7-12-19(18)24(6)23(4,5)21(20)27-25/h7-14H,1-6H3. The van der Waals surface area contributed by atoms with Crippen molar-refractivity contribution in [2.75, 3.05) is 11.9 Å². The molecule has 3 aromatic rings. The number of hydrogen-bond acceptors (Lipinski definition) is 3. The molecule has 0 unspecified atom stereocenters. The van der Waals surface area contributed by atoms with E-state index in [0.29, 0.717) is 5.92 Å². The van der Waals surface area contributed by atoms with Crippen LogP contribution in [0.2, 0.25) is 0 Å². The molecule has 1 aromatic heterocycles. The summed E-state index contributed by atoms with van der Waals surface area (Å²) in [5.41, 5.74) is 7.41. The van der Waals surface area contributed by atoms with Gasteiger partial charge in [0.15, 0.2) is 0 Å². The van der Waals surface area contributed by atoms with Crippen LogP contribution in [0.4, 0.5) is 5.69 Å². The molecular weight excluding hydrogens is 368 g/mol. The van der Waals surface area contributed by atoms with Crippen LogP contribution in [0, 0.1) is 11.6 Å². The Morgan fingerprint density at radius 3 is 2.33 bits per heavy atom. The highest BCUT2D eigenvalue weighted by Crippen LogP contribution is 2.50. The van der Waals surface area contributed by atoms with Crippen LogP contribution in [0.5, 0.6) is 0 Å². The topological polar surface area (TPSA) is 8.17 Å². The van der Waals surface area contributed by atoms with Gasteiger partial charge in [0, 0.05) is 23.9 Å². The Kier molecular flexibility index (Phi) is 4.32.